The summed E-state index contributed by atoms with van der Waals surface area (Å²) in [6.07, 6.45) is 0. The van der Waals surface area contributed by atoms with Crippen molar-refractivity contribution in [3.8, 4) is 0 Å². The van der Waals surface area contributed by atoms with Crippen LogP contribution < -0.4 is 0 Å². The number of ether oxygens (including phenoxy) is 1. The van der Waals surface area contributed by atoms with E-state index in [-0.39, 0.29) is 6.61 Å². The average Bonchev–Trinajstić information content (AvgIpc) is 2.17. The van der Waals surface area contributed by atoms with Crippen LogP contribution in [0.15, 0.2) is 0 Å². The summed E-state index contributed by atoms with van der Waals surface area (Å²) in [5.41, 5.74) is 0. The van der Waals surface area contributed by atoms with Gasteiger partial charge in [-0.3, -0.25) is 0 Å². The zero-order chi connectivity index (χ0) is 11.7. The summed E-state index contributed by atoms with van der Waals surface area (Å²) in [5.74, 6) is 0. The lowest BCUT2D eigenvalue weighted by Gasteiger charge is -2.21. The van der Waals surface area contributed by atoms with Gasteiger partial charge < -0.3 is 19.6 Å². The molecule has 15 heavy (non-hydrogen) atoms. The third-order valence-electron chi connectivity index (χ3n) is 2.57. The first kappa shape index (κ1) is 14.8. The van der Waals surface area contributed by atoms with Gasteiger partial charge in [-0.2, -0.15) is 0 Å². The fraction of sp³-hybridized carbons (Fsp3) is 1.00. The minimum Gasteiger partial charge on any atom is -0.395 e. The summed E-state index contributed by atoms with van der Waals surface area (Å²) in [5, 5.41) is 8.68. The molecule has 0 atom stereocenters. The molecule has 4 nitrogen and oxygen atoms in total. The van der Waals surface area contributed by atoms with E-state index in [4.69, 9.17) is 9.84 Å². The highest BCUT2D eigenvalue weighted by Gasteiger charge is 2.02. The van der Waals surface area contributed by atoms with Crippen LogP contribution in [0.2, 0.25) is 0 Å². The smallest absolute Gasteiger partial charge is 0.0594 e. The van der Waals surface area contributed by atoms with Crippen LogP contribution >= 0.6 is 0 Å². The van der Waals surface area contributed by atoms with Crippen LogP contribution in [0.5, 0.6) is 0 Å². The van der Waals surface area contributed by atoms with Crippen molar-refractivity contribution in [2.24, 2.45) is 0 Å². The Morgan fingerprint density at radius 3 is 2.20 bits per heavy atom. The maximum absolute atomic E-state index is 8.68. The fourth-order valence-electron chi connectivity index (χ4n) is 1.07. The maximum atomic E-state index is 8.68. The molecule has 1 N–H and O–H groups in total. The van der Waals surface area contributed by atoms with Gasteiger partial charge in [-0.1, -0.05) is 0 Å². The summed E-state index contributed by atoms with van der Waals surface area (Å²) in [6.45, 7) is 8.66. The Morgan fingerprint density at radius 1 is 1.07 bits per heavy atom. The van der Waals surface area contributed by atoms with Crippen molar-refractivity contribution >= 4 is 0 Å². The van der Waals surface area contributed by atoms with Crippen LogP contribution in [-0.2, 0) is 4.74 Å². The van der Waals surface area contributed by atoms with E-state index < -0.39 is 0 Å². The summed E-state index contributed by atoms with van der Waals surface area (Å²) in [4.78, 5) is 4.32. The van der Waals surface area contributed by atoms with Crippen molar-refractivity contribution in [1.82, 2.24) is 9.80 Å². The van der Waals surface area contributed by atoms with E-state index in [2.05, 4.69) is 30.7 Å². The third-order valence-corrected chi connectivity index (χ3v) is 2.57. The number of rotatable bonds is 9. The second kappa shape index (κ2) is 9.09. The van der Waals surface area contributed by atoms with Gasteiger partial charge in [-0.25, -0.2) is 0 Å². The normalized spacial score (nSPS) is 12.0. The molecule has 0 fully saturated rings. The number of aliphatic hydroxyl groups excluding tert-OH is 1. The van der Waals surface area contributed by atoms with Crippen LogP contribution in [-0.4, -0.2) is 74.5 Å². The topological polar surface area (TPSA) is 35.9 Å². The number of nitrogens with zero attached hydrogens (tertiary/aromatic N) is 2. The van der Waals surface area contributed by atoms with E-state index in [1.165, 1.54) is 0 Å². The molecular formula is C11H26N2O2. The Kier molecular flexibility index (Phi) is 9.00. The van der Waals surface area contributed by atoms with E-state index in [0.717, 1.165) is 32.8 Å². The standard InChI is InChI=1S/C11H26N2O2/c1-11(2)13(4)7-10-15-9-6-12(3)5-8-14/h11,14H,5-10H2,1-4H3. The lowest BCUT2D eigenvalue weighted by Crippen LogP contribution is -2.31. The van der Waals surface area contributed by atoms with Gasteiger partial charge in [0, 0.05) is 25.7 Å². The van der Waals surface area contributed by atoms with Gasteiger partial charge in [-0.05, 0) is 27.9 Å². The number of hydrogen-bond donors (Lipinski definition) is 1. The minimum atomic E-state index is 0.215. The highest BCUT2D eigenvalue weighted by Crippen LogP contribution is 1.92. The van der Waals surface area contributed by atoms with E-state index in [9.17, 15) is 0 Å². The van der Waals surface area contributed by atoms with Gasteiger partial charge in [0.2, 0.25) is 0 Å². The molecule has 0 spiro atoms. The first-order valence-corrected chi connectivity index (χ1v) is 5.65. The van der Waals surface area contributed by atoms with Gasteiger partial charge in [0.25, 0.3) is 0 Å². The summed E-state index contributed by atoms with van der Waals surface area (Å²) in [7, 11) is 4.09. The lowest BCUT2D eigenvalue weighted by atomic mass is 10.3. The van der Waals surface area contributed by atoms with Crippen molar-refractivity contribution in [3.63, 3.8) is 0 Å². The van der Waals surface area contributed by atoms with E-state index >= 15 is 0 Å². The molecule has 0 rings (SSSR count). The van der Waals surface area contributed by atoms with E-state index in [0.29, 0.717) is 6.04 Å². The second-order valence-electron chi connectivity index (χ2n) is 4.21. The molecule has 0 amide bonds. The summed E-state index contributed by atoms with van der Waals surface area (Å²) in [6, 6.07) is 0.575. The molecule has 0 bridgehead atoms. The maximum Gasteiger partial charge on any atom is 0.0594 e. The van der Waals surface area contributed by atoms with Crippen molar-refractivity contribution < 1.29 is 9.84 Å². The average molecular weight is 218 g/mol. The number of aliphatic hydroxyl groups is 1. The Hall–Kier alpha value is -0.160. The Labute approximate surface area is 93.8 Å². The molecule has 0 saturated heterocycles. The Balaban J connectivity index is 3.24. The van der Waals surface area contributed by atoms with Crippen LogP contribution in [0.3, 0.4) is 0 Å². The highest BCUT2D eigenvalue weighted by atomic mass is 16.5. The molecule has 0 aromatic heterocycles. The van der Waals surface area contributed by atoms with Crippen LogP contribution in [0, 0.1) is 0 Å². The van der Waals surface area contributed by atoms with Crippen LogP contribution in [0.4, 0.5) is 0 Å². The predicted molar refractivity (Wildman–Crippen MR) is 63.2 cm³/mol. The predicted octanol–water partition coefficient (Wildman–Crippen LogP) is 0.267. The molecule has 0 aliphatic heterocycles. The molecule has 0 radical (unpaired) electrons. The fourth-order valence-corrected chi connectivity index (χ4v) is 1.07. The number of likely N-dealkylation sites (N-methyl/N-ethyl adjacent to an activating group) is 2. The second-order valence-corrected chi connectivity index (χ2v) is 4.21. The highest BCUT2D eigenvalue weighted by molar-refractivity contribution is 4.55. The van der Waals surface area contributed by atoms with Crippen molar-refractivity contribution in [3.05, 3.63) is 0 Å². The first-order valence-electron chi connectivity index (χ1n) is 5.65. The monoisotopic (exact) mass is 218 g/mol. The van der Waals surface area contributed by atoms with Crippen molar-refractivity contribution in [2.75, 3.05) is 53.6 Å². The molecular weight excluding hydrogens is 192 g/mol. The molecule has 92 valence electrons. The Morgan fingerprint density at radius 2 is 1.67 bits per heavy atom. The van der Waals surface area contributed by atoms with Crippen LogP contribution in [0.1, 0.15) is 13.8 Å². The summed E-state index contributed by atoms with van der Waals surface area (Å²) >= 11 is 0. The minimum absolute atomic E-state index is 0.215. The molecule has 0 heterocycles. The molecule has 0 aliphatic rings. The van der Waals surface area contributed by atoms with Crippen LogP contribution in [0.25, 0.3) is 0 Å². The van der Waals surface area contributed by atoms with Crippen molar-refractivity contribution in [1.29, 1.82) is 0 Å². The molecule has 0 aliphatic carbocycles. The molecule has 0 unspecified atom stereocenters. The molecule has 4 heteroatoms. The van der Waals surface area contributed by atoms with Gasteiger partial charge in [0.15, 0.2) is 0 Å². The first-order chi connectivity index (χ1) is 7.07. The molecule has 0 aromatic rings. The van der Waals surface area contributed by atoms with Gasteiger partial charge in [-0.15, -0.1) is 0 Å². The SMILES string of the molecule is CC(C)N(C)CCOCCN(C)CCO. The zero-order valence-corrected chi connectivity index (χ0v) is 10.6. The molecule has 0 aromatic carbocycles. The van der Waals surface area contributed by atoms with Gasteiger partial charge >= 0.3 is 0 Å². The van der Waals surface area contributed by atoms with E-state index in [1.54, 1.807) is 0 Å². The van der Waals surface area contributed by atoms with Gasteiger partial charge in [0.1, 0.15) is 0 Å². The lowest BCUT2D eigenvalue weighted by molar-refractivity contribution is 0.0842. The number of hydrogen-bond acceptors (Lipinski definition) is 4. The zero-order valence-electron chi connectivity index (χ0n) is 10.6. The van der Waals surface area contributed by atoms with E-state index in [1.807, 2.05) is 7.05 Å². The summed E-state index contributed by atoms with van der Waals surface area (Å²) < 4.78 is 5.51. The van der Waals surface area contributed by atoms with Crippen molar-refractivity contribution in [2.45, 2.75) is 19.9 Å². The Bertz CT molecular complexity index is 143. The molecule has 0 saturated carbocycles. The third kappa shape index (κ3) is 8.81. The quantitative estimate of drug-likeness (QED) is 0.564. The largest absolute Gasteiger partial charge is 0.395 e. The van der Waals surface area contributed by atoms with Gasteiger partial charge in [0.05, 0.1) is 19.8 Å².